The van der Waals surface area contributed by atoms with Gasteiger partial charge in [-0.1, -0.05) is 24.3 Å². The second-order valence-corrected chi connectivity index (χ2v) is 5.34. The van der Waals surface area contributed by atoms with Gasteiger partial charge in [0.05, 0.1) is 5.92 Å². The topological polar surface area (TPSA) is 95.0 Å². The number of piperidine rings is 1. The number of nitrogens with zero attached hydrogens (tertiary/aromatic N) is 4. The Kier molecular flexibility index (Phi) is 3.92. The van der Waals surface area contributed by atoms with E-state index in [1.807, 2.05) is 24.3 Å². The largest absolute Gasteiger partial charge is 0.481 e. The molecule has 0 amide bonds. The highest BCUT2D eigenvalue weighted by atomic mass is 16.4. The van der Waals surface area contributed by atoms with Gasteiger partial charge >= 0.3 is 5.97 Å². The number of aromatic nitrogens is 4. The average molecular weight is 287 g/mol. The lowest BCUT2D eigenvalue weighted by Crippen LogP contribution is -2.38. The molecular formula is C14H17N5O2. The number of likely N-dealkylation sites (tertiary alicyclic amines) is 1. The van der Waals surface area contributed by atoms with Crippen molar-refractivity contribution < 1.29 is 9.90 Å². The molecular weight excluding hydrogens is 270 g/mol. The minimum atomic E-state index is -0.688. The molecule has 0 radical (unpaired) electrons. The van der Waals surface area contributed by atoms with E-state index in [1.54, 1.807) is 0 Å². The first-order valence-electron chi connectivity index (χ1n) is 7.00. The molecule has 0 bridgehead atoms. The second kappa shape index (κ2) is 6.01. The van der Waals surface area contributed by atoms with Crippen LogP contribution in [0.4, 0.5) is 0 Å². The number of aromatic amines is 1. The fourth-order valence-electron chi connectivity index (χ4n) is 2.70. The van der Waals surface area contributed by atoms with Gasteiger partial charge < -0.3 is 5.11 Å². The van der Waals surface area contributed by atoms with E-state index in [0.717, 1.165) is 37.1 Å². The van der Waals surface area contributed by atoms with Crippen LogP contribution in [0.15, 0.2) is 24.3 Å². The van der Waals surface area contributed by atoms with Crippen LogP contribution in [0.5, 0.6) is 0 Å². The van der Waals surface area contributed by atoms with Gasteiger partial charge in [-0.25, -0.2) is 0 Å². The number of H-pyrrole nitrogens is 1. The Bertz CT molecular complexity index is 596. The molecule has 1 atom stereocenters. The Morgan fingerprint density at radius 2 is 2.19 bits per heavy atom. The first kappa shape index (κ1) is 13.7. The summed E-state index contributed by atoms with van der Waals surface area (Å²) in [6.45, 7) is 2.36. The number of hydrogen-bond donors (Lipinski definition) is 2. The Morgan fingerprint density at radius 1 is 1.38 bits per heavy atom. The van der Waals surface area contributed by atoms with Crippen LogP contribution in [-0.2, 0) is 11.3 Å². The minimum absolute atomic E-state index is 0.239. The van der Waals surface area contributed by atoms with Crippen LogP contribution < -0.4 is 0 Å². The number of carboxylic acids is 1. The zero-order valence-electron chi connectivity index (χ0n) is 11.6. The third-order valence-corrected chi connectivity index (χ3v) is 3.82. The van der Waals surface area contributed by atoms with Gasteiger partial charge in [0.2, 0.25) is 5.82 Å². The van der Waals surface area contributed by atoms with Crippen molar-refractivity contribution in [3.63, 3.8) is 0 Å². The molecule has 2 aromatic rings. The van der Waals surface area contributed by atoms with E-state index in [2.05, 4.69) is 25.5 Å². The molecule has 110 valence electrons. The van der Waals surface area contributed by atoms with Gasteiger partial charge in [-0.15, -0.1) is 10.2 Å². The van der Waals surface area contributed by atoms with Crippen LogP contribution in [0, 0.1) is 5.92 Å². The molecule has 0 saturated carbocycles. The number of rotatable bonds is 4. The third-order valence-electron chi connectivity index (χ3n) is 3.82. The third kappa shape index (κ3) is 3.25. The van der Waals surface area contributed by atoms with Crippen LogP contribution in [0.25, 0.3) is 11.4 Å². The van der Waals surface area contributed by atoms with Gasteiger partial charge in [0, 0.05) is 18.7 Å². The fourth-order valence-corrected chi connectivity index (χ4v) is 2.70. The first-order chi connectivity index (χ1) is 10.2. The number of nitrogens with one attached hydrogen (secondary N) is 1. The maximum absolute atomic E-state index is 11.1. The summed E-state index contributed by atoms with van der Waals surface area (Å²) < 4.78 is 0. The number of carbonyl (C=O) groups is 1. The molecule has 7 heteroatoms. The van der Waals surface area contributed by atoms with E-state index in [1.165, 1.54) is 0 Å². The van der Waals surface area contributed by atoms with Gasteiger partial charge in [0.15, 0.2) is 0 Å². The molecule has 1 aromatic carbocycles. The van der Waals surface area contributed by atoms with E-state index in [0.29, 0.717) is 12.4 Å². The number of hydrogen-bond acceptors (Lipinski definition) is 5. The summed E-state index contributed by atoms with van der Waals surface area (Å²) in [4.78, 5) is 13.3. The molecule has 1 saturated heterocycles. The Labute approximate surface area is 122 Å². The second-order valence-electron chi connectivity index (χ2n) is 5.34. The van der Waals surface area contributed by atoms with Crippen molar-refractivity contribution in [3.8, 4) is 11.4 Å². The maximum atomic E-state index is 11.1. The molecule has 2 N–H and O–H groups in total. The van der Waals surface area contributed by atoms with Gasteiger partial charge in [-0.3, -0.25) is 9.69 Å². The Balaban J connectivity index is 1.64. The molecule has 1 aliphatic rings. The van der Waals surface area contributed by atoms with E-state index < -0.39 is 5.97 Å². The quantitative estimate of drug-likeness (QED) is 0.876. The average Bonchev–Trinajstić information content (AvgIpc) is 3.02. The molecule has 1 aromatic heterocycles. The highest BCUT2D eigenvalue weighted by Crippen LogP contribution is 2.20. The van der Waals surface area contributed by atoms with E-state index >= 15 is 0 Å². The normalized spacial score (nSPS) is 19.5. The minimum Gasteiger partial charge on any atom is -0.481 e. The van der Waals surface area contributed by atoms with Crippen molar-refractivity contribution in [2.24, 2.45) is 5.92 Å². The van der Waals surface area contributed by atoms with Crippen LogP contribution >= 0.6 is 0 Å². The number of benzene rings is 1. The van der Waals surface area contributed by atoms with E-state index in [9.17, 15) is 4.79 Å². The molecule has 7 nitrogen and oxygen atoms in total. The van der Waals surface area contributed by atoms with Crippen molar-refractivity contribution in [1.82, 2.24) is 25.5 Å². The summed E-state index contributed by atoms with van der Waals surface area (Å²) in [5, 5.41) is 23.0. The lowest BCUT2D eigenvalue weighted by atomic mass is 9.98. The lowest BCUT2D eigenvalue weighted by Gasteiger charge is -2.30. The molecule has 0 spiro atoms. The standard InChI is InChI=1S/C14H17N5O2/c20-14(21)12-2-1-7-19(9-12)8-10-3-5-11(6-4-10)13-15-17-18-16-13/h3-6,12H,1-2,7-9H2,(H,20,21)(H,15,16,17,18). The van der Waals surface area contributed by atoms with Crippen LogP contribution in [0.1, 0.15) is 18.4 Å². The summed E-state index contributed by atoms with van der Waals surface area (Å²) in [5.41, 5.74) is 2.07. The summed E-state index contributed by atoms with van der Waals surface area (Å²) in [6, 6.07) is 7.96. The number of carboxylic acid groups (broad SMARTS) is 1. The molecule has 2 heterocycles. The molecule has 3 rings (SSSR count). The smallest absolute Gasteiger partial charge is 0.307 e. The predicted molar refractivity (Wildman–Crippen MR) is 75.3 cm³/mol. The predicted octanol–water partition coefficient (Wildman–Crippen LogP) is 1.16. The van der Waals surface area contributed by atoms with Crippen molar-refractivity contribution in [1.29, 1.82) is 0 Å². The van der Waals surface area contributed by atoms with Crippen molar-refractivity contribution >= 4 is 5.97 Å². The monoisotopic (exact) mass is 287 g/mol. The lowest BCUT2D eigenvalue weighted by molar-refractivity contribution is -0.143. The van der Waals surface area contributed by atoms with Gasteiger partial charge in [-0.05, 0) is 30.2 Å². The molecule has 0 aliphatic carbocycles. The maximum Gasteiger partial charge on any atom is 0.307 e. The summed E-state index contributed by atoms with van der Waals surface area (Å²) in [6.07, 6.45) is 1.72. The SMILES string of the molecule is O=C(O)C1CCCN(Cc2ccc(-c3nn[nH]n3)cc2)C1. The van der Waals surface area contributed by atoms with Crippen molar-refractivity contribution in [2.75, 3.05) is 13.1 Å². The highest BCUT2D eigenvalue weighted by Gasteiger charge is 2.25. The molecule has 1 unspecified atom stereocenters. The molecule has 21 heavy (non-hydrogen) atoms. The number of aliphatic carboxylic acids is 1. The highest BCUT2D eigenvalue weighted by molar-refractivity contribution is 5.70. The van der Waals surface area contributed by atoms with Crippen molar-refractivity contribution in [3.05, 3.63) is 29.8 Å². The summed E-state index contributed by atoms with van der Waals surface area (Å²) in [5.74, 6) is -0.352. The Hall–Kier alpha value is -2.28. The van der Waals surface area contributed by atoms with E-state index in [4.69, 9.17) is 5.11 Å². The van der Waals surface area contributed by atoms with Gasteiger partial charge in [0.1, 0.15) is 0 Å². The Morgan fingerprint density at radius 3 is 2.86 bits per heavy atom. The summed E-state index contributed by atoms with van der Waals surface area (Å²) in [7, 11) is 0. The zero-order valence-corrected chi connectivity index (χ0v) is 11.6. The van der Waals surface area contributed by atoms with Crippen LogP contribution in [-0.4, -0.2) is 49.7 Å². The van der Waals surface area contributed by atoms with Crippen LogP contribution in [0.3, 0.4) is 0 Å². The summed E-state index contributed by atoms with van der Waals surface area (Å²) >= 11 is 0. The van der Waals surface area contributed by atoms with Gasteiger partial charge in [0.25, 0.3) is 0 Å². The van der Waals surface area contributed by atoms with Gasteiger partial charge in [-0.2, -0.15) is 5.21 Å². The number of tetrazole rings is 1. The first-order valence-corrected chi connectivity index (χ1v) is 7.00. The molecule has 1 fully saturated rings. The zero-order chi connectivity index (χ0) is 14.7. The molecule has 1 aliphatic heterocycles. The fraction of sp³-hybridized carbons (Fsp3) is 0.429. The van der Waals surface area contributed by atoms with E-state index in [-0.39, 0.29) is 5.92 Å². The van der Waals surface area contributed by atoms with Crippen molar-refractivity contribution in [2.45, 2.75) is 19.4 Å². The van der Waals surface area contributed by atoms with Crippen LogP contribution in [0.2, 0.25) is 0 Å².